The molecule has 12 heteroatoms. The third kappa shape index (κ3) is 19.9. The minimum atomic E-state index is -3.28. The Kier molecular flexibility index (Phi) is 22.8. The van der Waals surface area contributed by atoms with Crippen molar-refractivity contribution in [2.45, 2.75) is 146 Å². The average Bonchev–Trinajstić information content (AvgIpc) is 3.27. The van der Waals surface area contributed by atoms with Crippen LogP contribution >= 0.6 is 0 Å². The highest BCUT2D eigenvalue weighted by atomic mass is 32.2. The van der Waals surface area contributed by atoms with Gasteiger partial charge in [0.2, 0.25) is 0 Å². The van der Waals surface area contributed by atoms with E-state index in [1.165, 1.54) is 57.8 Å². The highest BCUT2D eigenvalue weighted by molar-refractivity contribution is 7.91. The molecule has 332 valence electrons. The van der Waals surface area contributed by atoms with Crippen LogP contribution in [0, 0.1) is 0 Å². The van der Waals surface area contributed by atoms with Crippen LogP contribution in [-0.4, -0.2) is 41.6 Å². The summed E-state index contributed by atoms with van der Waals surface area (Å²) in [6.07, 6.45) is 20.4. The first kappa shape index (κ1) is 49.2. The van der Waals surface area contributed by atoms with E-state index >= 15 is 0 Å². The van der Waals surface area contributed by atoms with E-state index in [4.69, 9.17) is 9.47 Å². The van der Waals surface area contributed by atoms with Gasteiger partial charge in [0.15, 0.2) is 19.7 Å². The van der Waals surface area contributed by atoms with Crippen molar-refractivity contribution in [2.24, 2.45) is 20.5 Å². The molecule has 4 rings (SSSR count). The smallest absolute Gasteiger partial charge is 0.178 e. The Morgan fingerprint density at radius 2 is 0.607 bits per heavy atom. The molecular weight excluding hydrogens is 805 g/mol. The summed E-state index contributed by atoms with van der Waals surface area (Å²) in [5, 5.41) is 17.1. The Morgan fingerprint density at radius 1 is 0.344 bits per heavy atom. The van der Waals surface area contributed by atoms with Crippen LogP contribution in [0.2, 0.25) is 0 Å². The maximum absolute atomic E-state index is 12.7. The molecule has 0 aliphatic rings. The van der Waals surface area contributed by atoms with Gasteiger partial charge in [0, 0.05) is 0 Å². The first-order valence-corrected chi connectivity index (χ1v) is 25.9. The molecule has 61 heavy (non-hydrogen) atoms. The van der Waals surface area contributed by atoms with Crippen molar-refractivity contribution in [3.63, 3.8) is 0 Å². The van der Waals surface area contributed by atoms with E-state index in [0.29, 0.717) is 58.6 Å². The SMILES string of the molecule is CCCCCCCCS(=O)(=O)c1ccc(N=Nc2ccc(OCCCCCCCCCOc3ccc(N=Nc4ccc(S(=O)(=O)CCCCCCCC)cc4)cc3)cc2)cc1. The van der Waals surface area contributed by atoms with Crippen molar-refractivity contribution >= 4 is 42.4 Å². The maximum Gasteiger partial charge on any atom is 0.178 e. The Hall–Kier alpha value is -4.42. The van der Waals surface area contributed by atoms with E-state index in [-0.39, 0.29) is 11.5 Å². The molecule has 0 saturated carbocycles. The predicted molar refractivity (Wildman–Crippen MR) is 248 cm³/mol. The molecule has 10 nitrogen and oxygen atoms in total. The quantitative estimate of drug-likeness (QED) is 0.0354. The van der Waals surface area contributed by atoms with Crippen LogP contribution in [0.4, 0.5) is 22.7 Å². The number of nitrogens with zero attached hydrogens (tertiary/aromatic N) is 4. The van der Waals surface area contributed by atoms with Gasteiger partial charge in [-0.2, -0.15) is 20.5 Å². The second kappa shape index (κ2) is 28.2. The van der Waals surface area contributed by atoms with E-state index in [0.717, 1.165) is 62.9 Å². The number of unbranched alkanes of at least 4 members (excludes halogenated alkanes) is 16. The van der Waals surface area contributed by atoms with Gasteiger partial charge in [-0.15, -0.1) is 0 Å². The number of hydrogen-bond donors (Lipinski definition) is 0. The van der Waals surface area contributed by atoms with Crippen LogP contribution < -0.4 is 9.47 Å². The molecule has 0 aromatic heterocycles. The summed E-state index contributed by atoms with van der Waals surface area (Å²) >= 11 is 0. The fraction of sp³-hybridized carbons (Fsp3) is 0.510. The minimum Gasteiger partial charge on any atom is -0.494 e. The molecular formula is C49H68N4O6S2. The standard InChI is InChI=1S/C49H68N4O6S2/c1-3-5-7-9-16-20-40-60(54,55)48-34-26-44(27-35-48)52-50-42-22-30-46(31-23-42)58-38-18-14-12-11-13-15-19-39-59-47-32-24-43(25-33-47)51-53-45-28-36-49(37-29-45)61(56,57)41-21-17-10-8-6-4-2/h22-37H,3-21,38-41H2,1-2H3. The molecule has 0 aliphatic heterocycles. The molecule has 0 N–H and O–H groups in total. The lowest BCUT2D eigenvalue weighted by Crippen LogP contribution is -2.06. The number of sulfone groups is 2. The molecule has 4 aromatic rings. The van der Waals surface area contributed by atoms with E-state index < -0.39 is 19.7 Å². The summed E-state index contributed by atoms with van der Waals surface area (Å²) in [5.41, 5.74) is 2.60. The zero-order valence-electron chi connectivity index (χ0n) is 36.6. The van der Waals surface area contributed by atoms with Gasteiger partial charge in [-0.05, 0) is 123 Å². The molecule has 0 aliphatic carbocycles. The fourth-order valence-corrected chi connectivity index (χ4v) is 9.48. The Bertz CT molecular complexity index is 1920. The Labute approximate surface area is 366 Å². The lowest BCUT2D eigenvalue weighted by atomic mass is 10.1. The molecule has 0 radical (unpaired) electrons. The van der Waals surface area contributed by atoms with Gasteiger partial charge in [-0.1, -0.05) is 110 Å². The number of ether oxygens (including phenoxy) is 2. The first-order chi connectivity index (χ1) is 29.7. The Morgan fingerprint density at radius 3 is 0.918 bits per heavy atom. The molecule has 0 heterocycles. The summed E-state index contributed by atoms with van der Waals surface area (Å²) in [6, 6.07) is 28.3. The molecule has 0 fully saturated rings. The largest absolute Gasteiger partial charge is 0.494 e. The fourth-order valence-electron chi connectivity index (χ4n) is 6.74. The number of rotatable bonds is 32. The van der Waals surface area contributed by atoms with Gasteiger partial charge in [-0.25, -0.2) is 16.8 Å². The summed E-state index contributed by atoms with van der Waals surface area (Å²) < 4.78 is 62.5. The third-order valence-corrected chi connectivity index (χ3v) is 14.1. The van der Waals surface area contributed by atoms with E-state index in [2.05, 4.69) is 34.3 Å². The van der Waals surface area contributed by atoms with Gasteiger partial charge < -0.3 is 9.47 Å². The molecule has 0 amide bonds. The summed E-state index contributed by atoms with van der Waals surface area (Å²) in [6.45, 7) is 5.68. The third-order valence-electron chi connectivity index (χ3n) is 10.5. The molecule has 0 bridgehead atoms. The number of azo groups is 2. The van der Waals surface area contributed by atoms with Crippen LogP contribution in [0.25, 0.3) is 0 Å². The summed E-state index contributed by atoms with van der Waals surface area (Å²) in [5.74, 6) is 1.96. The van der Waals surface area contributed by atoms with Crippen molar-refractivity contribution < 1.29 is 26.3 Å². The van der Waals surface area contributed by atoms with Gasteiger partial charge in [0.25, 0.3) is 0 Å². The average molecular weight is 873 g/mol. The van der Waals surface area contributed by atoms with Crippen molar-refractivity contribution in [1.29, 1.82) is 0 Å². The lowest BCUT2D eigenvalue weighted by Gasteiger charge is -2.07. The molecule has 0 saturated heterocycles. The van der Waals surface area contributed by atoms with Crippen LogP contribution in [0.15, 0.2) is 127 Å². The molecule has 4 aromatic carbocycles. The van der Waals surface area contributed by atoms with Crippen LogP contribution in [-0.2, 0) is 19.7 Å². The van der Waals surface area contributed by atoms with Crippen molar-refractivity contribution in [3.8, 4) is 11.5 Å². The molecule has 0 unspecified atom stereocenters. The molecule has 0 spiro atoms. The lowest BCUT2D eigenvalue weighted by molar-refractivity contribution is 0.299. The second-order valence-electron chi connectivity index (χ2n) is 15.7. The zero-order valence-corrected chi connectivity index (χ0v) is 38.2. The van der Waals surface area contributed by atoms with Gasteiger partial charge in [-0.3, -0.25) is 0 Å². The summed E-state index contributed by atoms with van der Waals surface area (Å²) in [7, 11) is -6.57. The second-order valence-corrected chi connectivity index (χ2v) is 19.9. The topological polar surface area (TPSA) is 136 Å². The molecule has 0 atom stereocenters. The van der Waals surface area contributed by atoms with Gasteiger partial charge in [0.05, 0.1) is 57.3 Å². The normalized spacial score (nSPS) is 12.1. The number of hydrogen-bond acceptors (Lipinski definition) is 10. The maximum atomic E-state index is 12.7. The zero-order chi connectivity index (χ0) is 43.4. The highest BCUT2D eigenvalue weighted by Gasteiger charge is 2.15. The van der Waals surface area contributed by atoms with Gasteiger partial charge >= 0.3 is 0 Å². The van der Waals surface area contributed by atoms with Gasteiger partial charge in [0.1, 0.15) is 11.5 Å². The highest BCUT2D eigenvalue weighted by Crippen LogP contribution is 2.26. The van der Waals surface area contributed by atoms with Crippen LogP contribution in [0.1, 0.15) is 136 Å². The van der Waals surface area contributed by atoms with Crippen LogP contribution in [0.5, 0.6) is 11.5 Å². The predicted octanol–water partition coefficient (Wildman–Crippen LogP) is 15.0. The number of benzene rings is 4. The van der Waals surface area contributed by atoms with Crippen molar-refractivity contribution in [1.82, 2.24) is 0 Å². The minimum absolute atomic E-state index is 0.181. The van der Waals surface area contributed by atoms with E-state index in [1.54, 1.807) is 48.5 Å². The van der Waals surface area contributed by atoms with E-state index in [1.807, 2.05) is 48.5 Å². The van der Waals surface area contributed by atoms with Crippen molar-refractivity contribution in [2.75, 3.05) is 24.7 Å². The first-order valence-electron chi connectivity index (χ1n) is 22.6. The Balaban J connectivity index is 1.01. The van der Waals surface area contributed by atoms with Crippen molar-refractivity contribution in [3.05, 3.63) is 97.1 Å². The monoisotopic (exact) mass is 872 g/mol. The van der Waals surface area contributed by atoms with E-state index in [9.17, 15) is 16.8 Å². The van der Waals surface area contributed by atoms with Crippen LogP contribution in [0.3, 0.4) is 0 Å². The summed E-state index contributed by atoms with van der Waals surface area (Å²) in [4.78, 5) is 0.670.